The lowest BCUT2D eigenvalue weighted by atomic mass is 9.70. The van der Waals surface area contributed by atoms with Crippen LogP contribution in [0.1, 0.15) is 57.2 Å². The Morgan fingerprint density at radius 2 is 1.24 bits per heavy atom. The fourth-order valence-electron chi connectivity index (χ4n) is 11.8. The van der Waals surface area contributed by atoms with Crippen LogP contribution in [0.5, 0.6) is 0 Å². The van der Waals surface area contributed by atoms with Gasteiger partial charge in [-0.1, -0.05) is 170 Å². The summed E-state index contributed by atoms with van der Waals surface area (Å²) in [5, 5.41) is 6.33. The molecule has 0 saturated carbocycles. The molecule has 1 aliphatic heterocycles. The Bertz CT molecular complexity index is 3640. The number of hydrogen-bond donors (Lipinski definition) is 1. The van der Waals surface area contributed by atoms with Gasteiger partial charge in [0.2, 0.25) is 0 Å². The van der Waals surface area contributed by atoms with Crippen LogP contribution in [0.25, 0.3) is 61.7 Å². The molecule has 1 atom stereocenters. The SMILES string of the molecule is C1=Cc2oc3c(N(c4ccccc4)c4ccc5c(c4)c4c(n5C5=CC(c6ccccc6)NC(c6ccccc6)=C5)-c5ccccc5C45c4ccccc4-c4ccccc45)cccc3c2CC1. The number of dihydropyridines is 1. The molecule has 0 saturated heterocycles. The Labute approximate surface area is 383 Å². The number of nitrogens with one attached hydrogen (secondary N) is 1. The summed E-state index contributed by atoms with van der Waals surface area (Å²) in [6.07, 6.45) is 11.1. The maximum atomic E-state index is 6.83. The van der Waals surface area contributed by atoms with Crippen LogP contribution in [-0.2, 0) is 11.8 Å². The molecule has 14 rings (SSSR count). The van der Waals surface area contributed by atoms with Crippen LogP contribution in [0, 0.1) is 0 Å². The van der Waals surface area contributed by atoms with E-state index in [1.165, 1.54) is 66.5 Å². The lowest BCUT2D eigenvalue weighted by Crippen LogP contribution is -2.25. The van der Waals surface area contributed by atoms with E-state index in [0.29, 0.717) is 0 Å². The first-order valence-corrected chi connectivity index (χ1v) is 23.1. The van der Waals surface area contributed by atoms with Crippen molar-refractivity contribution in [2.45, 2.75) is 24.3 Å². The number of para-hydroxylation sites is 2. The van der Waals surface area contributed by atoms with Crippen molar-refractivity contribution in [2.24, 2.45) is 0 Å². The van der Waals surface area contributed by atoms with Crippen molar-refractivity contribution in [3.05, 3.63) is 263 Å². The molecule has 3 heterocycles. The third-order valence-corrected chi connectivity index (χ3v) is 14.5. The number of hydrogen-bond acceptors (Lipinski definition) is 3. The number of aryl methyl sites for hydroxylation is 1. The normalized spacial score (nSPS) is 16.0. The molecule has 0 fully saturated rings. The number of nitrogens with zero attached hydrogens (tertiary/aromatic N) is 2. The number of benzene rings is 8. The van der Waals surface area contributed by atoms with E-state index in [-0.39, 0.29) is 6.04 Å². The molecule has 8 aromatic carbocycles. The first kappa shape index (κ1) is 37.1. The maximum absolute atomic E-state index is 6.83. The van der Waals surface area contributed by atoms with Gasteiger partial charge in [0, 0.05) is 50.2 Å². The van der Waals surface area contributed by atoms with Gasteiger partial charge in [-0.3, -0.25) is 0 Å². The Kier molecular flexibility index (Phi) is 8.05. The van der Waals surface area contributed by atoms with Gasteiger partial charge in [0.05, 0.1) is 28.4 Å². The van der Waals surface area contributed by atoms with E-state index >= 15 is 0 Å². The maximum Gasteiger partial charge on any atom is 0.159 e. The highest BCUT2D eigenvalue weighted by molar-refractivity contribution is 6.08. The number of aromatic nitrogens is 1. The number of furan rings is 1. The molecule has 4 aliphatic rings. The summed E-state index contributed by atoms with van der Waals surface area (Å²) >= 11 is 0. The molecular formula is C62H43N3O. The molecule has 0 amide bonds. The van der Waals surface area contributed by atoms with Crippen molar-refractivity contribution in [3.8, 4) is 22.4 Å². The van der Waals surface area contributed by atoms with E-state index in [2.05, 4.69) is 239 Å². The van der Waals surface area contributed by atoms with Gasteiger partial charge >= 0.3 is 0 Å². The van der Waals surface area contributed by atoms with Gasteiger partial charge in [-0.15, -0.1) is 0 Å². The molecule has 10 aromatic rings. The van der Waals surface area contributed by atoms with E-state index in [4.69, 9.17) is 4.42 Å². The van der Waals surface area contributed by atoms with Crippen LogP contribution in [-0.4, -0.2) is 4.57 Å². The van der Waals surface area contributed by atoms with Gasteiger partial charge in [-0.2, -0.15) is 0 Å². The third-order valence-electron chi connectivity index (χ3n) is 14.5. The highest BCUT2D eigenvalue weighted by atomic mass is 16.3. The van der Waals surface area contributed by atoms with E-state index in [0.717, 1.165) is 63.7 Å². The molecule has 4 heteroatoms. The van der Waals surface area contributed by atoms with Crippen molar-refractivity contribution >= 4 is 56.4 Å². The van der Waals surface area contributed by atoms with Crippen molar-refractivity contribution in [2.75, 3.05) is 4.90 Å². The summed E-state index contributed by atoms with van der Waals surface area (Å²) in [6, 6.07) is 73.5. The van der Waals surface area contributed by atoms with E-state index < -0.39 is 5.41 Å². The standard InChI is InChI=1S/C62H43N3O/c1-4-19-40(20-5-1)54-38-44(39-55(63-54)41-21-6-2-7-22-41)65-56-36-35-43(64(42-23-8-3-9-24-42)57-33-18-29-48-47-27-13-17-34-58(47)66-61(48)57)37-50(56)59-60(65)49-28-12-16-32-53(49)62(59)51-30-14-10-25-45(51)46-26-11-15-31-52(46)62/h1-12,14-26,28-39,54,63H,13,27H2. The predicted molar refractivity (Wildman–Crippen MR) is 271 cm³/mol. The molecule has 1 spiro atoms. The quantitative estimate of drug-likeness (QED) is 0.181. The second-order valence-corrected chi connectivity index (χ2v) is 17.9. The summed E-state index contributed by atoms with van der Waals surface area (Å²) < 4.78 is 9.40. The van der Waals surface area contributed by atoms with Gasteiger partial charge in [0.15, 0.2) is 5.58 Å². The summed E-state index contributed by atoms with van der Waals surface area (Å²) in [5.41, 5.74) is 20.9. The minimum absolute atomic E-state index is 0.0599. The molecule has 312 valence electrons. The van der Waals surface area contributed by atoms with E-state index in [1.807, 2.05) is 0 Å². The Hall–Kier alpha value is -8.34. The van der Waals surface area contributed by atoms with Crippen molar-refractivity contribution in [1.29, 1.82) is 0 Å². The largest absolute Gasteiger partial charge is 0.454 e. The van der Waals surface area contributed by atoms with Crippen molar-refractivity contribution < 1.29 is 4.42 Å². The second kappa shape index (κ2) is 14.3. The molecule has 0 radical (unpaired) electrons. The summed E-state index contributed by atoms with van der Waals surface area (Å²) in [6.45, 7) is 0. The van der Waals surface area contributed by atoms with Crippen LogP contribution < -0.4 is 10.2 Å². The van der Waals surface area contributed by atoms with E-state index in [9.17, 15) is 0 Å². The number of anilines is 3. The van der Waals surface area contributed by atoms with Crippen LogP contribution in [0.15, 0.2) is 223 Å². The zero-order valence-electron chi connectivity index (χ0n) is 36.2. The Balaban J connectivity index is 1.10. The predicted octanol–water partition coefficient (Wildman–Crippen LogP) is 15.4. The minimum atomic E-state index is -0.566. The van der Waals surface area contributed by atoms with Crippen LogP contribution in [0.3, 0.4) is 0 Å². The number of allylic oxidation sites excluding steroid dienone is 3. The molecule has 1 unspecified atom stereocenters. The summed E-state index contributed by atoms with van der Waals surface area (Å²) in [7, 11) is 0. The van der Waals surface area contributed by atoms with Gasteiger partial charge in [0.1, 0.15) is 5.76 Å². The monoisotopic (exact) mass is 845 g/mol. The average Bonchev–Trinajstić information content (AvgIpc) is 4.11. The third kappa shape index (κ3) is 5.21. The molecule has 4 nitrogen and oxygen atoms in total. The zero-order chi connectivity index (χ0) is 43.3. The Morgan fingerprint density at radius 1 is 0.591 bits per heavy atom. The average molecular weight is 846 g/mol. The topological polar surface area (TPSA) is 33.3 Å². The fraction of sp³-hybridized carbons (Fsp3) is 0.0645. The first-order chi connectivity index (χ1) is 32.8. The van der Waals surface area contributed by atoms with E-state index in [1.54, 1.807) is 0 Å². The van der Waals surface area contributed by atoms with Crippen LogP contribution >= 0.6 is 0 Å². The van der Waals surface area contributed by atoms with Crippen LogP contribution in [0.4, 0.5) is 17.1 Å². The number of fused-ring (bicyclic) bond motifs is 15. The highest BCUT2D eigenvalue weighted by Gasteiger charge is 2.54. The van der Waals surface area contributed by atoms with Gasteiger partial charge in [0.25, 0.3) is 0 Å². The Morgan fingerprint density at radius 3 is 1.98 bits per heavy atom. The van der Waals surface area contributed by atoms with Gasteiger partial charge in [-0.25, -0.2) is 0 Å². The minimum Gasteiger partial charge on any atom is -0.454 e. The molecule has 1 N–H and O–H groups in total. The van der Waals surface area contributed by atoms with Gasteiger partial charge < -0.3 is 19.2 Å². The summed E-state index contributed by atoms with van der Waals surface area (Å²) in [4.78, 5) is 2.40. The first-order valence-electron chi connectivity index (χ1n) is 23.1. The molecular weight excluding hydrogens is 803 g/mol. The lowest BCUT2D eigenvalue weighted by Gasteiger charge is -2.30. The van der Waals surface area contributed by atoms with Crippen molar-refractivity contribution in [1.82, 2.24) is 9.88 Å². The molecule has 2 aromatic heterocycles. The van der Waals surface area contributed by atoms with Crippen LogP contribution in [0.2, 0.25) is 0 Å². The second-order valence-electron chi connectivity index (χ2n) is 17.9. The highest BCUT2D eigenvalue weighted by Crippen LogP contribution is 2.65. The fourth-order valence-corrected chi connectivity index (χ4v) is 11.8. The zero-order valence-corrected chi connectivity index (χ0v) is 36.2. The van der Waals surface area contributed by atoms with Crippen molar-refractivity contribution in [3.63, 3.8) is 0 Å². The number of rotatable bonds is 6. The molecule has 3 aliphatic carbocycles. The molecule has 66 heavy (non-hydrogen) atoms. The lowest BCUT2D eigenvalue weighted by molar-refractivity contribution is 0.596. The smallest absolute Gasteiger partial charge is 0.159 e. The van der Waals surface area contributed by atoms with Gasteiger partial charge in [-0.05, 0) is 106 Å². The molecule has 0 bridgehead atoms. The summed E-state index contributed by atoms with van der Waals surface area (Å²) in [5.74, 6) is 0.965.